The SMILES string of the molecule is O=C(/C=C/c1ccc(O)c(O)c1)OC[C@H]1O[C@@H](Oc2cc(=O)cc3oc(-c4cc(O)c(O)c(O[C@@H]5O[C@H](COC(=O)/C=C/c6ccc(O)c(O)c6)[C@@H](O)[C@H](O)[C@H]5O)c4)c(O[C@@H]4O[C@H](CO)[C@@H](O)[C@H](O)[C@H]4O)cc2-3)[C@H](O)[C@@H](O)[C@@H]1O. The predicted octanol–water partition coefficient (Wildman–Crippen LogP) is -2.29. The van der Waals surface area contributed by atoms with Crippen LogP contribution in [0, 0.1) is 0 Å². The van der Waals surface area contributed by atoms with Gasteiger partial charge in [-0.05, 0) is 65.7 Å². The average molecular weight is 1110 g/mol. The first-order chi connectivity index (χ1) is 37.5. The molecule has 5 aliphatic rings. The van der Waals surface area contributed by atoms with E-state index in [-0.39, 0.29) is 22.3 Å². The summed E-state index contributed by atoms with van der Waals surface area (Å²) in [6, 6.07) is 12.0. The van der Waals surface area contributed by atoms with E-state index in [0.29, 0.717) is 0 Å². The van der Waals surface area contributed by atoms with Gasteiger partial charge in [-0.2, -0.15) is 0 Å². The molecule has 424 valence electrons. The lowest BCUT2D eigenvalue weighted by Crippen LogP contribution is -2.60. The van der Waals surface area contributed by atoms with Crippen LogP contribution in [-0.2, 0) is 33.3 Å². The van der Waals surface area contributed by atoms with Crippen LogP contribution in [0.3, 0.4) is 0 Å². The molecule has 0 saturated carbocycles. The first-order valence-electron chi connectivity index (χ1n) is 23.6. The van der Waals surface area contributed by atoms with E-state index in [1.165, 1.54) is 36.4 Å². The largest absolute Gasteiger partial charge is 0.504 e. The lowest BCUT2D eigenvalue weighted by atomic mass is 9.99. The molecule has 4 aliphatic heterocycles. The first-order valence-corrected chi connectivity index (χ1v) is 23.6. The molecule has 15 atom stereocenters. The maximum Gasteiger partial charge on any atom is 0.330 e. The number of hydrogen-bond donors (Lipinski definition) is 16. The monoisotopic (exact) mass is 1110 g/mol. The van der Waals surface area contributed by atoms with E-state index >= 15 is 0 Å². The van der Waals surface area contributed by atoms with E-state index in [9.17, 15) is 96.1 Å². The van der Waals surface area contributed by atoms with E-state index < -0.39 is 193 Å². The zero-order valence-corrected chi connectivity index (χ0v) is 40.5. The Labute approximate surface area is 443 Å². The van der Waals surface area contributed by atoms with Gasteiger partial charge in [-0.1, -0.05) is 12.1 Å². The third kappa shape index (κ3) is 12.7. The minimum Gasteiger partial charge on any atom is -0.504 e. The Morgan fingerprint density at radius 2 is 0.937 bits per heavy atom. The lowest BCUT2D eigenvalue weighted by molar-refractivity contribution is -0.278. The van der Waals surface area contributed by atoms with Gasteiger partial charge in [0, 0.05) is 29.8 Å². The summed E-state index contributed by atoms with van der Waals surface area (Å²) in [5, 5.41) is 168. The molecule has 16 N–H and O–H groups in total. The minimum absolute atomic E-state index is 0.236. The highest BCUT2D eigenvalue weighted by molar-refractivity contribution is 5.88. The summed E-state index contributed by atoms with van der Waals surface area (Å²) in [5.74, 6) is -8.49. The van der Waals surface area contributed by atoms with Crippen LogP contribution in [-0.4, -0.2) is 206 Å². The molecule has 4 heterocycles. The van der Waals surface area contributed by atoms with Crippen LogP contribution < -0.4 is 19.6 Å². The molecule has 0 radical (unpaired) electrons. The third-order valence-electron chi connectivity index (χ3n) is 12.6. The van der Waals surface area contributed by atoms with Gasteiger partial charge < -0.3 is 124 Å². The normalized spacial score (nSPS) is 29.1. The highest BCUT2D eigenvalue weighted by Gasteiger charge is 2.48. The van der Waals surface area contributed by atoms with Gasteiger partial charge in [0.25, 0.3) is 0 Å². The van der Waals surface area contributed by atoms with Crippen molar-refractivity contribution in [3.63, 3.8) is 0 Å². The summed E-state index contributed by atoms with van der Waals surface area (Å²) in [5.41, 5.74) is -0.858. The van der Waals surface area contributed by atoms with Gasteiger partial charge in [0.1, 0.15) is 98.0 Å². The van der Waals surface area contributed by atoms with Crippen LogP contribution in [0.2, 0.25) is 0 Å². The number of phenolic OH excluding ortho intramolecular Hbond substituents is 6. The third-order valence-corrected chi connectivity index (χ3v) is 12.6. The lowest BCUT2D eigenvalue weighted by Gasteiger charge is -2.40. The van der Waals surface area contributed by atoms with Crippen molar-refractivity contribution in [3.05, 3.63) is 100 Å². The molecule has 8 rings (SSSR count). The van der Waals surface area contributed by atoms with Gasteiger partial charge in [0.05, 0.1) is 12.2 Å². The summed E-state index contributed by atoms with van der Waals surface area (Å²) >= 11 is 0. The molecule has 0 unspecified atom stereocenters. The Morgan fingerprint density at radius 1 is 0.481 bits per heavy atom. The zero-order valence-electron chi connectivity index (χ0n) is 40.5. The van der Waals surface area contributed by atoms with Crippen LogP contribution in [0.1, 0.15) is 11.1 Å². The standard InChI is InChI=1S/C51H52O28/c52-16-33-39(62)42(65)45(68)51(77-33)76-32-15-23-29(13-22(53)14-30(23)74-49-46(69)43(66)40(63)34(78-49)17-71-36(59)7-3-19-1-5-24(54)26(56)9-19)73-48(32)21-11-28(58)38(61)31(12-21)75-50-47(70)44(67)41(64)35(79-50)18-72-37(60)8-4-20-2-6-25(55)27(57)10-20/h1-15,33-35,39-47,49-52,54-58,61-70H,16-18H2/b7-3+,8-4+/t33-,34-,35-,39-,40-,41-,42+,43+,44+,45-,46-,47-,49-,50-,51-/m1/s1. The van der Waals surface area contributed by atoms with Gasteiger partial charge in [-0.25, -0.2) is 9.59 Å². The number of phenols is 6. The second-order valence-corrected chi connectivity index (χ2v) is 18.1. The average Bonchev–Trinajstić information content (AvgIpc) is 3.54. The van der Waals surface area contributed by atoms with Crippen LogP contribution in [0.5, 0.6) is 51.7 Å². The molecule has 3 aromatic carbocycles. The van der Waals surface area contributed by atoms with Gasteiger partial charge in [-0.15, -0.1) is 0 Å². The fourth-order valence-electron chi connectivity index (χ4n) is 8.25. The highest BCUT2D eigenvalue weighted by Crippen LogP contribution is 2.47. The number of aliphatic hydroxyl groups is 10. The topological polar surface area (TPSA) is 462 Å². The molecule has 0 amide bonds. The van der Waals surface area contributed by atoms with E-state index in [2.05, 4.69) is 0 Å². The summed E-state index contributed by atoms with van der Waals surface area (Å²) in [6.07, 6.45) is -24.4. The molecule has 3 saturated heterocycles. The van der Waals surface area contributed by atoms with Gasteiger partial charge in [0.2, 0.25) is 24.6 Å². The zero-order chi connectivity index (χ0) is 57.1. The molecule has 0 spiro atoms. The van der Waals surface area contributed by atoms with Gasteiger partial charge in [-0.3, -0.25) is 4.79 Å². The number of carbonyl (C=O) groups is 2. The summed E-state index contributed by atoms with van der Waals surface area (Å²) < 4.78 is 50.9. The summed E-state index contributed by atoms with van der Waals surface area (Å²) in [7, 11) is 0. The number of esters is 2. The molecule has 3 aromatic rings. The van der Waals surface area contributed by atoms with Gasteiger partial charge >= 0.3 is 11.9 Å². The quantitative estimate of drug-likeness (QED) is 0.0281. The number of rotatable bonds is 16. The van der Waals surface area contributed by atoms with Crippen LogP contribution in [0.25, 0.3) is 34.8 Å². The Morgan fingerprint density at radius 3 is 1.42 bits per heavy atom. The highest BCUT2D eigenvalue weighted by atomic mass is 16.7. The molecule has 0 bridgehead atoms. The van der Waals surface area contributed by atoms with Crippen LogP contribution in [0.15, 0.2) is 88.1 Å². The van der Waals surface area contributed by atoms with E-state index in [0.717, 1.165) is 54.6 Å². The van der Waals surface area contributed by atoms with Crippen molar-refractivity contribution in [3.8, 4) is 74.4 Å². The Bertz CT molecular complexity index is 3080. The number of hydrogen-bond acceptors (Lipinski definition) is 28. The maximum atomic E-state index is 13.3. The Kier molecular flexibility index (Phi) is 17.5. The molecule has 28 nitrogen and oxygen atoms in total. The Balaban J connectivity index is 1.08. The van der Waals surface area contributed by atoms with Crippen LogP contribution in [0.4, 0.5) is 0 Å². The maximum absolute atomic E-state index is 13.3. The van der Waals surface area contributed by atoms with Crippen molar-refractivity contribution in [1.29, 1.82) is 0 Å². The fraction of sp³-hybridized carbons (Fsp3) is 0.353. The van der Waals surface area contributed by atoms with E-state index in [1.54, 1.807) is 0 Å². The molecule has 1 aliphatic carbocycles. The van der Waals surface area contributed by atoms with Gasteiger partial charge in [0.15, 0.2) is 51.4 Å². The molecular weight excluding hydrogens is 1060 g/mol. The molecule has 0 aromatic heterocycles. The molecule has 3 fully saturated rings. The molecular formula is C51H52O28. The smallest absolute Gasteiger partial charge is 0.330 e. The van der Waals surface area contributed by atoms with E-state index in [1.807, 2.05) is 0 Å². The predicted molar refractivity (Wildman–Crippen MR) is 259 cm³/mol. The first kappa shape index (κ1) is 57.4. The second kappa shape index (κ2) is 24.1. The van der Waals surface area contributed by atoms with Crippen LogP contribution >= 0.6 is 0 Å². The van der Waals surface area contributed by atoms with Crippen molar-refractivity contribution in [1.82, 2.24) is 0 Å². The van der Waals surface area contributed by atoms with Crippen molar-refractivity contribution in [2.45, 2.75) is 92.1 Å². The number of aliphatic hydroxyl groups excluding tert-OH is 10. The minimum atomic E-state index is -2.10. The van der Waals surface area contributed by atoms with E-state index in [4.69, 9.17) is 42.3 Å². The van der Waals surface area contributed by atoms with Crippen molar-refractivity contribution in [2.75, 3.05) is 19.8 Å². The summed E-state index contributed by atoms with van der Waals surface area (Å²) in [6.45, 7) is -2.43. The number of carbonyl (C=O) groups excluding carboxylic acids is 2. The van der Waals surface area contributed by atoms with Crippen molar-refractivity contribution >= 4 is 24.1 Å². The number of fused-ring (bicyclic) bond motifs is 1. The number of ether oxygens (including phenoxy) is 8. The second-order valence-electron chi connectivity index (χ2n) is 18.1. The Hall–Kier alpha value is -7.81. The molecule has 79 heavy (non-hydrogen) atoms. The van der Waals surface area contributed by atoms with Crippen molar-refractivity contribution in [2.24, 2.45) is 0 Å². The number of benzene rings is 4. The number of aromatic hydroxyl groups is 6. The van der Waals surface area contributed by atoms with Crippen molar-refractivity contribution < 1.29 is 134 Å². The molecule has 28 heteroatoms. The fourth-order valence-corrected chi connectivity index (χ4v) is 8.25. The summed E-state index contributed by atoms with van der Waals surface area (Å²) in [4.78, 5) is 38.5.